The minimum atomic E-state index is -1.05. The third kappa shape index (κ3) is 5.36. The standard InChI is InChI=1S/C18H27N3O6/c19-12(16(22)23)3-1-2-11-9(4-6-13(20)17(24)25)8-10-5-7-14(18(26)27)21-15(10)11/h10,12-14H,1-8,19-20H2,(H,22,23)(H,24,25)(H,26,27). The van der Waals surface area contributed by atoms with Crippen LogP contribution >= 0.6 is 0 Å². The summed E-state index contributed by atoms with van der Waals surface area (Å²) in [7, 11) is 0. The van der Waals surface area contributed by atoms with Crippen LogP contribution in [-0.2, 0) is 14.4 Å². The van der Waals surface area contributed by atoms with E-state index in [2.05, 4.69) is 4.99 Å². The fourth-order valence-corrected chi connectivity index (χ4v) is 3.77. The molecule has 0 radical (unpaired) electrons. The number of aliphatic imine (C=N–C) groups is 1. The first-order valence-electron chi connectivity index (χ1n) is 9.19. The Morgan fingerprint density at radius 3 is 2.22 bits per heavy atom. The third-order valence-corrected chi connectivity index (χ3v) is 5.32. The topological polar surface area (TPSA) is 176 Å². The maximum Gasteiger partial charge on any atom is 0.328 e. The Morgan fingerprint density at radius 1 is 1.00 bits per heavy atom. The van der Waals surface area contributed by atoms with Gasteiger partial charge in [0.15, 0.2) is 0 Å². The van der Waals surface area contributed by atoms with E-state index >= 15 is 0 Å². The zero-order valence-corrected chi connectivity index (χ0v) is 15.1. The van der Waals surface area contributed by atoms with Crippen LogP contribution in [0.2, 0.25) is 0 Å². The Bertz CT molecular complexity index is 672. The molecular weight excluding hydrogens is 354 g/mol. The zero-order valence-electron chi connectivity index (χ0n) is 15.1. The molecule has 4 unspecified atom stereocenters. The molecule has 0 saturated heterocycles. The van der Waals surface area contributed by atoms with Gasteiger partial charge in [-0.1, -0.05) is 5.57 Å². The molecule has 0 fully saturated rings. The predicted octanol–water partition coefficient (Wildman–Crippen LogP) is 0.765. The molecule has 9 nitrogen and oxygen atoms in total. The predicted molar refractivity (Wildman–Crippen MR) is 97.5 cm³/mol. The maximum absolute atomic E-state index is 11.3. The van der Waals surface area contributed by atoms with Gasteiger partial charge < -0.3 is 26.8 Å². The first kappa shape index (κ1) is 21.0. The van der Waals surface area contributed by atoms with Crippen LogP contribution in [0, 0.1) is 5.92 Å². The van der Waals surface area contributed by atoms with Gasteiger partial charge in [0.1, 0.15) is 18.1 Å². The van der Waals surface area contributed by atoms with Crippen LogP contribution < -0.4 is 11.5 Å². The Kier molecular flexibility index (Phi) is 7.09. The SMILES string of the molecule is NC(CCCC1=C(CCC(N)C(=O)O)CC2CCC(C(=O)O)N=C12)C(=O)O. The first-order chi connectivity index (χ1) is 12.7. The number of carbonyl (C=O) groups is 3. The summed E-state index contributed by atoms with van der Waals surface area (Å²) in [6.45, 7) is 0. The van der Waals surface area contributed by atoms with Crippen LogP contribution in [-0.4, -0.2) is 57.1 Å². The molecule has 9 heteroatoms. The first-order valence-corrected chi connectivity index (χ1v) is 9.19. The van der Waals surface area contributed by atoms with Crippen molar-refractivity contribution in [2.75, 3.05) is 0 Å². The van der Waals surface area contributed by atoms with E-state index in [1.54, 1.807) is 0 Å². The summed E-state index contributed by atoms with van der Waals surface area (Å²) in [4.78, 5) is 37.6. The number of carboxylic acids is 3. The molecule has 0 aromatic heterocycles. The summed E-state index contributed by atoms with van der Waals surface area (Å²) in [6, 6.07) is -2.64. The van der Waals surface area contributed by atoms with Gasteiger partial charge in [0, 0.05) is 11.6 Å². The molecule has 7 N–H and O–H groups in total. The summed E-state index contributed by atoms with van der Waals surface area (Å²) >= 11 is 0. The number of aliphatic carboxylic acids is 3. The lowest BCUT2D eigenvalue weighted by Crippen LogP contribution is -2.30. The van der Waals surface area contributed by atoms with E-state index < -0.39 is 36.0 Å². The van der Waals surface area contributed by atoms with Gasteiger partial charge in [0.2, 0.25) is 0 Å². The number of hydrogen-bond donors (Lipinski definition) is 5. The van der Waals surface area contributed by atoms with Crippen LogP contribution in [0.3, 0.4) is 0 Å². The molecule has 0 aromatic carbocycles. The van der Waals surface area contributed by atoms with Crippen molar-refractivity contribution in [2.24, 2.45) is 22.4 Å². The highest BCUT2D eigenvalue weighted by Crippen LogP contribution is 2.40. The van der Waals surface area contributed by atoms with Crippen LogP contribution in [0.4, 0.5) is 0 Å². The summed E-state index contributed by atoms with van der Waals surface area (Å²) in [5.41, 5.74) is 14.0. The Balaban J connectivity index is 2.16. The van der Waals surface area contributed by atoms with E-state index in [-0.39, 0.29) is 5.92 Å². The second kappa shape index (κ2) is 9.09. The second-order valence-electron chi connectivity index (χ2n) is 7.25. The summed E-state index contributed by atoms with van der Waals surface area (Å²) in [5.74, 6) is -2.90. The van der Waals surface area contributed by atoms with Gasteiger partial charge in [0.05, 0.1) is 0 Å². The second-order valence-corrected chi connectivity index (χ2v) is 7.25. The molecule has 150 valence electrons. The molecule has 0 saturated carbocycles. The van der Waals surface area contributed by atoms with Crippen molar-refractivity contribution in [1.29, 1.82) is 0 Å². The number of rotatable bonds is 10. The number of allylic oxidation sites excluding steroid dienone is 2. The minimum Gasteiger partial charge on any atom is -0.480 e. The lowest BCUT2D eigenvalue weighted by atomic mass is 9.90. The van der Waals surface area contributed by atoms with Crippen molar-refractivity contribution < 1.29 is 29.7 Å². The van der Waals surface area contributed by atoms with Crippen molar-refractivity contribution in [3.8, 4) is 0 Å². The van der Waals surface area contributed by atoms with Crippen LogP contribution in [0.15, 0.2) is 16.1 Å². The van der Waals surface area contributed by atoms with Crippen molar-refractivity contribution in [3.63, 3.8) is 0 Å². The Labute approximate surface area is 157 Å². The minimum absolute atomic E-state index is 0.153. The van der Waals surface area contributed by atoms with Gasteiger partial charge in [-0.25, -0.2) is 4.79 Å². The monoisotopic (exact) mass is 381 g/mol. The van der Waals surface area contributed by atoms with E-state index in [1.165, 1.54) is 0 Å². The highest BCUT2D eigenvalue weighted by Gasteiger charge is 2.36. The quantitative estimate of drug-likeness (QED) is 0.368. The van der Waals surface area contributed by atoms with Crippen LogP contribution in [0.1, 0.15) is 51.4 Å². The van der Waals surface area contributed by atoms with Gasteiger partial charge >= 0.3 is 17.9 Å². The molecule has 4 atom stereocenters. The van der Waals surface area contributed by atoms with Gasteiger partial charge in [-0.05, 0) is 56.9 Å². The summed E-state index contributed by atoms with van der Waals surface area (Å²) in [5, 5.41) is 27.2. The third-order valence-electron chi connectivity index (χ3n) is 5.32. The smallest absolute Gasteiger partial charge is 0.328 e. The van der Waals surface area contributed by atoms with E-state index in [0.29, 0.717) is 38.5 Å². The Morgan fingerprint density at radius 2 is 1.63 bits per heavy atom. The molecule has 1 aliphatic heterocycles. The number of nitrogens with zero attached hydrogens (tertiary/aromatic N) is 1. The van der Waals surface area contributed by atoms with E-state index in [0.717, 1.165) is 29.7 Å². The van der Waals surface area contributed by atoms with Gasteiger partial charge in [-0.15, -0.1) is 0 Å². The molecule has 0 aromatic rings. The number of nitrogens with two attached hydrogens (primary N) is 2. The molecule has 1 heterocycles. The van der Waals surface area contributed by atoms with Gasteiger partial charge in [-0.2, -0.15) is 0 Å². The molecular formula is C18H27N3O6. The highest BCUT2D eigenvalue weighted by atomic mass is 16.4. The molecule has 0 spiro atoms. The van der Waals surface area contributed by atoms with Crippen molar-refractivity contribution in [3.05, 3.63) is 11.1 Å². The lowest BCUT2D eigenvalue weighted by Gasteiger charge is -2.22. The lowest BCUT2D eigenvalue weighted by molar-refractivity contribution is -0.139. The fourth-order valence-electron chi connectivity index (χ4n) is 3.77. The number of carboxylic acid groups (broad SMARTS) is 3. The van der Waals surface area contributed by atoms with Crippen molar-refractivity contribution in [1.82, 2.24) is 0 Å². The average Bonchev–Trinajstić information content (AvgIpc) is 2.96. The molecule has 0 amide bonds. The maximum atomic E-state index is 11.3. The van der Waals surface area contributed by atoms with E-state index in [9.17, 15) is 19.5 Å². The molecule has 27 heavy (non-hydrogen) atoms. The highest BCUT2D eigenvalue weighted by molar-refractivity contribution is 6.06. The molecule has 0 bridgehead atoms. The Hall–Kier alpha value is -2.26. The zero-order chi connectivity index (χ0) is 20.1. The van der Waals surface area contributed by atoms with Crippen LogP contribution in [0.5, 0.6) is 0 Å². The summed E-state index contributed by atoms with van der Waals surface area (Å²) in [6.07, 6.45) is 4.16. The molecule has 1 aliphatic carbocycles. The van der Waals surface area contributed by atoms with Crippen molar-refractivity contribution in [2.45, 2.75) is 69.5 Å². The number of hydrogen-bond acceptors (Lipinski definition) is 6. The molecule has 2 aliphatic rings. The van der Waals surface area contributed by atoms with Gasteiger partial charge in [-0.3, -0.25) is 14.6 Å². The van der Waals surface area contributed by atoms with Crippen molar-refractivity contribution >= 4 is 23.6 Å². The summed E-state index contributed by atoms with van der Waals surface area (Å²) < 4.78 is 0. The van der Waals surface area contributed by atoms with Crippen LogP contribution in [0.25, 0.3) is 0 Å². The largest absolute Gasteiger partial charge is 0.480 e. The average molecular weight is 381 g/mol. The van der Waals surface area contributed by atoms with E-state index in [1.807, 2.05) is 0 Å². The fraction of sp³-hybridized carbons (Fsp3) is 0.667. The normalized spacial score (nSPS) is 24.1. The van der Waals surface area contributed by atoms with E-state index in [4.69, 9.17) is 21.7 Å². The molecule has 2 rings (SSSR count). The number of fused-ring (bicyclic) bond motifs is 1. The van der Waals surface area contributed by atoms with Gasteiger partial charge in [0.25, 0.3) is 0 Å².